The van der Waals surface area contributed by atoms with Gasteiger partial charge in [-0.05, 0) is 48.9 Å². The van der Waals surface area contributed by atoms with Crippen LogP contribution in [-0.4, -0.2) is 57.1 Å². The smallest absolute Gasteiger partial charge is 0.242 e. The van der Waals surface area contributed by atoms with E-state index in [1.165, 1.54) is 12.1 Å². The fourth-order valence-electron chi connectivity index (χ4n) is 3.98. The van der Waals surface area contributed by atoms with E-state index in [0.29, 0.717) is 31.0 Å². The van der Waals surface area contributed by atoms with Gasteiger partial charge in [0.25, 0.3) is 0 Å². The van der Waals surface area contributed by atoms with Gasteiger partial charge in [-0.15, -0.1) is 0 Å². The van der Waals surface area contributed by atoms with Crippen molar-refractivity contribution >= 4 is 50.7 Å². The second-order valence-electron chi connectivity index (χ2n) is 9.42. The Morgan fingerprint density at radius 3 is 2.30 bits per heavy atom. The van der Waals surface area contributed by atoms with Crippen LogP contribution in [0.4, 0.5) is 5.69 Å². The molecular formula is C27H37Cl2N3O4S. The summed E-state index contributed by atoms with van der Waals surface area (Å²) in [5.41, 5.74) is 1.33. The molecule has 0 radical (unpaired) electrons. The Morgan fingerprint density at radius 1 is 1.03 bits per heavy atom. The van der Waals surface area contributed by atoms with Gasteiger partial charge in [0.05, 0.1) is 17.0 Å². The molecule has 2 aromatic rings. The van der Waals surface area contributed by atoms with Crippen LogP contribution in [0.1, 0.15) is 45.6 Å². The van der Waals surface area contributed by atoms with Crippen LogP contribution in [0.5, 0.6) is 0 Å². The molecule has 0 saturated carbocycles. The summed E-state index contributed by atoms with van der Waals surface area (Å²) in [6, 6.07) is 13.8. The molecule has 0 spiro atoms. The summed E-state index contributed by atoms with van der Waals surface area (Å²) >= 11 is 12.3. The van der Waals surface area contributed by atoms with E-state index in [2.05, 4.69) is 5.32 Å². The Labute approximate surface area is 231 Å². The molecule has 0 bridgehead atoms. The summed E-state index contributed by atoms with van der Waals surface area (Å²) in [4.78, 5) is 28.0. The summed E-state index contributed by atoms with van der Waals surface area (Å²) in [6.45, 7) is 6.87. The first kappa shape index (κ1) is 30.9. The number of halogens is 2. The zero-order valence-electron chi connectivity index (χ0n) is 21.9. The van der Waals surface area contributed by atoms with E-state index in [9.17, 15) is 18.0 Å². The predicted molar refractivity (Wildman–Crippen MR) is 152 cm³/mol. The number of sulfonamides is 1. The van der Waals surface area contributed by atoms with Crippen molar-refractivity contribution in [2.75, 3.05) is 30.2 Å². The summed E-state index contributed by atoms with van der Waals surface area (Å²) < 4.78 is 26.2. The highest BCUT2D eigenvalue weighted by atomic mass is 35.5. The van der Waals surface area contributed by atoms with Gasteiger partial charge in [0, 0.05) is 31.1 Å². The fraction of sp³-hybridized carbons (Fsp3) is 0.481. The monoisotopic (exact) mass is 569 g/mol. The molecule has 7 nitrogen and oxygen atoms in total. The molecule has 0 aromatic heterocycles. The van der Waals surface area contributed by atoms with Crippen molar-refractivity contribution in [2.24, 2.45) is 5.92 Å². The Kier molecular flexibility index (Phi) is 12.2. The predicted octanol–water partition coefficient (Wildman–Crippen LogP) is 5.16. The van der Waals surface area contributed by atoms with E-state index in [1.807, 2.05) is 51.1 Å². The summed E-state index contributed by atoms with van der Waals surface area (Å²) in [5.74, 6) is -0.0931. The lowest BCUT2D eigenvalue weighted by Crippen LogP contribution is -2.50. The van der Waals surface area contributed by atoms with Crippen LogP contribution in [0.3, 0.4) is 0 Å². The van der Waals surface area contributed by atoms with Gasteiger partial charge < -0.3 is 10.2 Å². The molecule has 204 valence electrons. The Morgan fingerprint density at radius 2 is 1.70 bits per heavy atom. The van der Waals surface area contributed by atoms with E-state index in [0.717, 1.165) is 16.1 Å². The van der Waals surface area contributed by atoms with Crippen molar-refractivity contribution in [1.29, 1.82) is 0 Å². The van der Waals surface area contributed by atoms with Crippen molar-refractivity contribution in [3.63, 3.8) is 0 Å². The standard InChI is InChI=1S/C27H37Cl2N3O4S/c1-5-24(27(34)30-19-20(2)3)31(17-15-21-10-7-6-8-11-21)26(33)12-9-16-32(37(4,35)36)25-18-22(28)13-14-23(25)29/h6-8,10-11,13-14,18,20,24H,5,9,12,15-17,19H2,1-4H3,(H,30,34)/t24-/m0/s1. The first-order valence-corrected chi connectivity index (χ1v) is 15.1. The third kappa shape index (κ3) is 9.83. The van der Waals surface area contributed by atoms with E-state index in [1.54, 1.807) is 11.0 Å². The molecule has 2 amide bonds. The van der Waals surface area contributed by atoms with Gasteiger partial charge in [-0.3, -0.25) is 13.9 Å². The largest absolute Gasteiger partial charge is 0.354 e. The van der Waals surface area contributed by atoms with Crippen molar-refractivity contribution in [3.8, 4) is 0 Å². The lowest BCUT2D eigenvalue weighted by Gasteiger charge is -2.31. The second-order valence-corrected chi connectivity index (χ2v) is 12.2. The van der Waals surface area contributed by atoms with Gasteiger partial charge in [-0.25, -0.2) is 8.42 Å². The molecule has 0 aliphatic carbocycles. The van der Waals surface area contributed by atoms with E-state index in [-0.39, 0.29) is 47.8 Å². The first-order valence-electron chi connectivity index (χ1n) is 12.5. The molecule has 0 fully saturated rings. The number of nitrogens with one attached hydrogen (secondary N) is 1. The minimum atomic E-state index is -3.67. The van der Waals surface area contributed by atoms with Crippen LogP contribution >= 0.6 is 23.2 Å². The maximum absolute atomic E-state index is 13.4. The third-order valence-electron chi connectivity index (χ3n) is 5.88. The number of nitrogens with zero attached hydrogens (tertiary/aromatic N) is 2. The summed E-state index contributed by atoms with van der Waals surface area (Å²) in [5, 5.41) is 3.55. The van der Waals surface area contributed by atoms with Crippen LogP contribution < -0.4 is 9.62 Å². The Hall–Kier alpha value is -2.29. The molecule has 0 heterocycles. The molecule has 0 unspecified atom stereocenters. The minimum Gasteiger partial charge on any atom is -0.354 e. The number of anilines is 1. The summed E-state index contributed by atoms with van der Waals surface area (Å²) in [7, 11) is -3.67. The highest BCUT2D eigenvalue weighted by molar-refractivity contribution is 7.92. The van der Waals surface area contributed by atoms with E-state index < -0.39 is 16.1 Å². The molecule has 0 saturated heterocycles. The van der Waals surface area contributed by atoms with E-state index >= 15 is 0 Å². The van der Waals surface area contributed by atoms with Crippen molar-refractivity contribution in [1.82, 2.24) is 10.2 Å². The Bertz CT molecular complexity index is 1140. The van der Waals surface area contributed by atoms with Crippen LogP contribution in [0.2, 0.25) is 10.0 Å². The number of amides is 2. The number of carbonyl (C=O) groups excluding carboxylic acids is 2. The minimum absolute atomic E-state index is 0.0491. The average molecular weight is 571 g/mol. The normalized spacial score (nSPS) is 12.3. The van der Waals surface area contributed by atoms with Gasteiger partial charge in [-0.1, -0.05) is 74.3 Å². The lowest BCUT2D eigenvalue weighted by molar-refractivity contribution is -0.140. The van der Waals surface area contributed by atoms with Gasteiger partial charge in [0.1, 0.15) is 6.04 Å². The average Bonchev–Trinajstić information content (AvgIpc) is 2.84. The first-order chi connectivity index (χ1) is 17.4. The van der Waals surface area contributed by atoms with Crippen molar-refractivity contribution < 1.29 is 18.0 Å². The van der Waals surface area contributed by atoms with Crippen molar-refractivity contribution in [3.05, 3.63) is 64.1 Å². The SMILES string of the molecule is CC[C@@H](C(=O)NCC(C)C)N(CCc1ccccc1)C(=O)CCCN(c1cc(Cl)ccc1Cl)S(C)(=O)=O. The summed E-state index contributed by atoms with van der Waals surface area (Å²) in [6.07, 6.45) is 2.49. The third-order valence-corrected chi connectivity index (χ3v) is 7.62. The van der Waals surface area contributed by atoms with Gasteiger partial charge in [0.2, 0.25) is 21.8 Å². The number of hydrogen-bond acceptors (Lipinski definition) is 4. The van der Waals surface area contributed by atoms with E-state index in [4.69, 9.17) is 23.2 Å². The highest BCUT2D eigenvalue weighted by Crippen LogP contribution is 2.31. The number of carbonyl (C=O) groups is 2. The lowest BCUT2D eigenvalue weighted by atomic mass is 10.1. The van der Waals surface area contributed by atoms with Crippen LogP contribution in [-0.2, 0) is 26.0 Å². The molecule has 0 aliphatic rings. The molecule has 37 heavy (non-hydrogen) atoms. The molecular weight excluding hydrogens is 533 g/mol. The van der Waals surface area contributed by atoms with Crippen LogP contribution in [0.15, 0.2) is 48.5 Å². The van der Waals surface area contributed by atoms with Gasteiger partial charge in [-0.2, -0.15) is 0 Å². The zero-order chi connectivity index (χ0) is 27.6. The van der Waals surface area contributed by atoms with Crippen LogP contribution in [0.25, 0.3) is 0 Å². The zero-order valence-corrected chi connectivity index (χ0v) is 24.2. The fourth-order valence-corrected chi connectivity index (χ4v) is 5.38. The maximum Gasteiger partial charge on any atom is 0.242 e. The quantitative estimate of drug-likeness (QED) is 0.340. The molecule has 1 N–H and O–H groups in total. The Balaban J connectivity index is 2.18. The molecule has 0 aliphatic heterocycles. The van der Waals surface area contributed by atoms with Crippen molar-refractivity contribution in [2.45, 2.75) is 52.5 Å². The topological polar surface area (TPSA) is 86.8 Å². The molecule has 2 rings (SSSR count). The molecule has 1 atom stereocenters. The number of hydrogen-bond donors (Lipinski definition) is 1. The van der Waals surface area contributed by atoms with Gasteiger partial charge in [0.15, 0.2) is 0 Å². The number of rotatable bonds is 14. The van der Waals surface area contributed by atoms with Gasteiger partial charge >= 0.3 is 0 Å². The van der Waals surface area contributed by atoms with Crippen LogP contribution in [0, 0.1) is 5.92 Å². The molecule has 10 heteroatoms. The molecule has 2 aromatic carbocycles. The highest BCUT2D eigenvalue weighted by Gasteiger charge is 2.28. The number of benzene rings is 2. The maximum atomic E-state index is 13.4. The second kappa shape index (κ2) is 14.6.